The number of likely N-dealkylation sites (N-methyl/N-ethyl adjacent to an activating group) is 1. The number of fused-ring (bicyclic) bond motifs is 1. The second-order valence-electron chi connectivity index (χ2n) is 6.47. The van der Waals surface area contributed by atoms with Crippen LogP contribution in [-0.4, -0.2) is 68.4 Å². The summed E-state index contributed by atoms with van der Waals surface area (Å²) in [7, 11) is -1.73. The molecule has 4 rings (SSSR count). The number of rotatable bonds is 4. The number of carbonyl (C=O) groups is 1. The number of furan rings is 1. The SMILES string of the molecule is CN1CCc2nc(NC(=O)c3ccc(S(=O)(=O)N4CCOCC4)o3)sc2C1. The van der Waals surface area contributed by atoms with Crippen molar-refractivity contribution in [2.45, 2.75) is 18.1 Å². The molecule has 27 heavy (non-hydrogen) atoms. The predicted molar refractivity (Wildman–Crippen MR) is 98.4 cm³/mol. The minimum atomic E-state index is -3.77. The van der Waals surface area contributed by atoms with Gasteiger partial charge in [0.05, 0.1) is 18.9 Å². The molecule has 146 valence electrons. The summed E-state index contributed by atoms with van der Waals surface area (Å²) < 4.78 is 37.0. The van der Waals surface area contributed by atoms with E-state index >= 15 is 0 Å². The van der Waals surface area contributed by atoms with E-state index in [0.717, 1.165) is 30.1 Å². The van der Waals surface area contributed by atoms with Crippen molar-refractivity contribution in [3.8, 4) is 0 Å². The van der Waals surface area contributed by atoms with Crippen molar-refractivity contribution in [1.29, 1.82) is 0 Å². The molecule has 0 unspecified atom stereocenters. The zero-order valence-corrected chi connectivity index (χ0v) is 16.4. The van der Waals surface area contributed by atoms with Crippen molar-refractivity contribution in [2.75, 3.05) is 45.2 Å². The maximum absolute atomic E-state index is 12.6. The largest absolute Gasteiger partial charge is 0.438 e. The molecule has 9 nitrogen and oxygen atoms in total. The lowest BCUT2D eigenvalue weighted by Gasteiger charge is -2.24. The van der Waals surface area contributed by atoms with Crippen LogP contribution in [-0.2, 0) is 27.7 Å². The number of nitrogens with zero attached hydrogens (tertiary/aromatic N) is 3. The third-order valence-electron chi connectivity index (χ3n) is 4.51. The Labute approximate surface area is 161 Å². The summed E-state index contributed by atoms with van der Waals surface area (Å²) in [5.74, 6) is -0.579. The van der Waals surface area contributed by atoms with Crippen LogP contribution < -0.4 is 5.32 Å². The van der Waals surface area contributed by atoms with Crippen LogP contribution in [0.1, 0.15) is 21.1 Å². The smallest absolute Gasteiger partial charge is 0.293 e. The number of thiazole rings is 1. The molecule has 2 aromatic rings. The number of amides is 1. The number of ether oxygens (including phenoxy) is 1. The Bertz CT molecular complexity index is 946. The average molecular weight is 412 g/mol. The highest BCUT2D eigenvalue weighted by Crippen LogP contribution is 2.28. The summed E-state index contributed by atoms with van der Waals surface area (Å²) in [6, 6.07) is 2.67. The Morgan fingerprint density at radius 1 is 1.26 bits per heavy atom. The molecular formula is C16H20N4O5S2. The molecule has 1 amide bonds. The number of carbonyl (C=O) groups excluding carboxylic acids is 1. The highest BCUT2D eigenvalue weighted by atomic mass is 32.2. The summed E-state index contributed by atoms with van der Waals surface area (Å²) in [5, 5.41) is 2.96. The maximum atomic E-state index is 12.6. The van der Waals surface area contributed by atoms with E-state index < -0.39 is 15.9 Å². The normalized spacial score (nSPS) is 19.0. The molecule has 0 spiro atoms. The molecule has 0 saturated carbocycles. The fourth-order valence-electron chi connectivity index (χ4n) is 3.03. The molecule has 1 saturated heterocycles. The third-order valence-corrected chi connectivity index (χ3v) is 7.28. The number of nitrogens with one attached hydrogen (secondary N) is 1. The molecule has 0 atom stereocenters. The van der Waals surface area contributed by atoms with Crippen LogP contribution in [0, 0.1) is 0 Å². The summed E-state index contributed by atoms with van der Waals surface area (Å²) in [5.41, 5.74) is 1.00. The van der Waals surface area contributed by atoms with Gasteiger partial charge in [-0.25, -0.2) is 13.4 Å². The van der Waals surface area contributed by atoms with Gasteiger partial charge in [0.1, 0.15) is 0 Å². The highest BCUT2D eigenvalue weighted by molar-refractivity contribution is 7.89. The van der Waals surface area contributed by atoms with E-state index in [2.05, 4.69) is 15.2 Å². The van der Waals surface area contributed by atoms with Gasteiger partial charge in [-0.1, -0.05) is 0 Å². The number of hydrogen-bond acceptors (Lipinski definition) is 8. The first-order chi connectivity index (χ1) is 12.9. The Morgan fingerprint density at radius 3 is 2.81 bits per heavy atom. The molecule has 2 aromatic heterocycles. The Morgan fingerprint density at radius 2 is 2.04 bits per heavy atom. The Balaban J connectivity index is 1.47. The molecule has 1 fully saturated rings. The van der Waals surface area contributed by atoms with Crippen molar-refractivity contribution in [1.82, 2.24) is 14.2 Å². The van der Waals surface area contributed by atoms with Crippen molar-refractivity contribution >= 4 is 32.4 Å². The van der Waals surface area contributed by atoms with Gasteiger partial charge >= 0.3 is 0 Å². The lowest BCUT2D eigenvalue weighted by atomic mass is 10.2. The molecule has 11 heteroatoms. The molecular weight excluding hydrogens is 392 g/mol. The zero-order valence-electron chi connectivity index (χ0n) is 14.8. The third kappa shape index (κ3) is 3.78. The maximum Gasteiger partial charge on any atom is 0.293 e. The second kappa shape index (κ2) is 7.32. The van der Waals surface area contributed by atoms with Crippen molar-refractivity contribution < 1.29 is 22.4 Å². The van der Waals surface area contributed by atoms with E-state index in [1.807, 2.05) is 7.05 Å². The van der Waals surface area contributed by atoms with Gasteiger partial charge in [0.25, 0.3) is 15.9 Å². The van der Waals surface area contributed by atoms with Crippen molar-refractivity contribution in [3.63, 3.8) is 0 Å². The van der Waals surface area contributed by atoms with Gasteiger partial charge in [-0.15, -0.1) is 11.3 Å². The van der Waals surface area contributed by atoms with E-state index in [1.165, 1.54) is 27.8 Å². The summed E-state index contributed by atoms with van der Waals surface area (Å²) in [6.07, 6.45) is 0.848. The van der Waals surface area contributed by atoms with Gasteiger partial charge in [0, 0.05) is 37.5 Å². The van der Waals surface area contributed by atoms with Gasteiger partial charge in [-0.2, -0.15) is 4.31 Å². The standard InChI is InChI=1S/C16H20N4O5S2/c1-19-5-4-11-13(10-19)26-16(17-11)18-15(21)12-2-3-14(25-12)27(22,23)20-6-8-24-9-7-20/h2-3H,4-10H2,1H3,(H,17,18,21). The first-order valence-electron chi connectivity index (χ1n) is 8.60. The van der Waals surface area contributed by atoms with Gasteiger partial charge < -0.3 is 14.1 Å². The Kier molecular flexibility index (Phi) is 5.03. The molecule has 0 aliphatic carbocycles. The quantitative estimate of drug-likeness (QED) is 0.799. The first kappa shape index (κ1) is 18.6. The van der Waals surface area contributed by atoms with Gasteiger partial charge in [-0.05, 0) is 19.2 Å². The second-order valence-corrected chi connectivity index (χ2v) is 9.42. The first-order valence-corrected chi connectivity index (χ1v) is 10.9. The molecule has 0 aromatic carbocycles. The van der Waals surface area contributed by atoms with Crippen molar-refractivity contribution in [3.05, 3.63) is 28.5 Å². The van der Waals surface area contributed by atoms with Gasteiger partial charge in [0.2, 0.25) is 5.09 Å². The zero-order chi connectivity index (χ0) is 19.0. The fraction of sp³-hybridized carbons (Fsp3) is 0.500. The number of anilines is 1. The summed E-state index contributed by atoms with van der Waals surface area (Å²) in [6.45, 7) is 2.97. The monoisotopic (exact) mass is 412 g/mol. The van der Waals surface area contributed by atoms with E-state index in [9.17, 15) is 13.2 Å². The predicted octanol–water partition coefficient (Wildman–Crippen LogP) is 0.997. The van der Waals surface area contributed by atoms with Crippen molar-refractivity contribution in [2.24, 2.45) is 0 Å². The topological polar surface area (TPSA) is 105 Å². The van der Waals surface area contributed by atoms with Crippen LogP contribution in [0.5, 0.6) is 0 Å². The van der Waals surface area contributed by atoms with E-state index in [-0.39, 0.29) is 23.9 Å². The molecule has 0 bridgehead atoms. The molecule has 0 radical (unpaired) electrons. The minimum Gasteiger partial charge on any atom is -0.438 e. The summed E-state index contributed by atoms with van der Waals surface area (Å²) >= 11 is 1.43. The van der Waals surface area contributed by atoms with E-state index in [4.69, 9.17) is 9.15 Å². The van der Waals surface area contributed by atoms with E-state index in [0.29, 0.717) is 18.3 Å². The molecule has 2 aliphatic rings. The average Bonchev–Trinajstić information content (AvgIpc) is 3.29. The lowest BCUT2D eigenvalue weighted by Crippen LogP contribution is -2.40. The molecule has 4 heterocycles. The highest BCUT2D eigenvalue weighted by Gasteiger charge is 2.30. The molecule has 2 aliphatic heterocycles. The van der Waals surface area contributed by atoms with Crippen LogP contribution in [0.15, 0.2) is 21.6 Å². The van der Waals surface area contributed by atoms with Crippen LogP contribution in [0.3, 0.4) is 0 Å². The van der Waals surface area contributed by atoms with Crippen LogP contribution in [0.25, 0.3) is 0 Å². The minimum absolute atomic E-state index is 0.0628. The Hall–Kier alpha value is -1.79. The fourth-order valence-corrected chi connectivity index (χ4v) is 5.43. The number of aromatic nitrogens is 1. The van der Waals surface area contributed by atoms with Crippen LogP contribution in [0.2, 0.25) is 0 Å². The van der Waals surface area contributed by atoms with Gasteiger partial charge in [0.15, 0.2) is 10.9 Å². The summed E-state index contributed by atoms with van der Waals surface area (Å²) in [4.78, 5) is 20.2. The number of hydrogen-bond donors (Lipinski definition) is 1. The van der Waals surface area contributed by atoms with Crippen LogP contribution in [0.4, 0.5) is 5.13 Å². The number of morpholine rings is 1. The lowest BCUT2D eigenvalue weighted by molar-refractivity contribution is 0.0723. The number of sulfonamides is 1. The van der Waals surface area contributed by atoms with E-state index in [1.54, 1.807) is 0 Å². The molecule has 1 N–H and O–H groups in total. The van der Waals surface area contributed by atoms with Crippen LogP contribution >= 0.6 is 11.3 Å². The van der Waals surface area contributed by atoms with Gasteiger partial charge in [-0.3, -0.25) is 10.1 Å².